The summed E-state index contributed by atoms with van der Waals surface area (Å²) in [6, 6.07) is 5.48. The van der Waals surface area contributed by atoms with E-state index in [2.05, 4.69) is 15.9 Å². The third kappa shape index (κ3) is 5.06. The topological polar surface area (TPSA) is 61.5 Å². The van der Waals surface area contributed by atoms with Crippen molar-refractivity contribution in [3.8, 4) is 5.75 Å². The highest BCUT2D eigenvalue weighted by Crippen LogP contribution is 2.22. The number of nitrogens with two attached hydrogens (primary N) is 1. The van der Waals surface area contributed by atoms with Gasteiger partial charge in [0.05, 0.1) is 0 Å². The number of carbonyl (C=O) groups is 1. The molecule has 0 aliphatic carbocycles. The molecule has 0 bridgehead atoms. The lowest BCUT2D eigenvalue weighted by molar-refractivity contribution is -0.157. The summed E-state index contributed by atoms with van der Waals surface area (Å²) in [4.78, 5) is 11.5. The maximum Gasteiger partial charge on any atom is 0.344 e. The van der Waals surface area contributed by atoms with Gasteiger partial charge in [-0.05, 0) is 39.0 Å². The predicted octanol–water partition coefficient (Wildman–Crippen LogP) is 2.63. The number of hydrogen-bond donors (Lipinski definition) is 1. The van der Waals surface area contributed by atoms with E-state index in [0.717, 1.165) is 10.0 Å². The van der Waals surface area contributed by atoms with Crippen LogP contribution in [0.2, 0.25) is 0 Å². The molecule has 18 heavy (non-hydrogen) atoms. The zero-order chi connectivity index (χ0) is 13.8. The van der Waals surface area contributed by atoms with E-state index in [1.165, 1.54) is 0 Å². The number of halogens is 1. The highest BCUT2D eigenvalue weighted by Gasteiger charge is 2.17. The lowest BCUT2D eigenvalue weighted by Crippen LogP contribution is -2.27. The van der Waals surface area contributed by atoms with Crippen molar-refractivity contribution in [3.63, 3.8) is 0 Å². The van der Waals surface area contributed by atoms with Crippen molar-refractivity contribution in [2.24, 2.45) is 5.73 Å². The van der Waals surface area contributed by atoms with Crippen LogP contribution in [-0.2, 0) is 16.1 Å². The summed E-state index contributed by atoms with van der Waals surface area (Å²) in [6.45, 7) is 5.68. The quantitative estimate of drug-likeness (QED) is 0.868. The average molecular weight is 316 g/mol. The molecule has 1 aromatic rings. The van der Waals surface area contributed by atoms with Gasteiger partial charge in [0, 0.05) is 16.6 Å². The third-order valence-electron chi connectivity index (χ3n) is 2.01. The van der Waals surface area contributed by atoms with Crippen LogP contribution in [0.1, 0.15) is 26.3 Å². The minimum atomic E-state index is -0.503. The Morgan fingerprint density at radius 3 is 2.61 bits per heavy atom. The first-order valence-corrected chi connectivity index (χ1v) is 6.44. The first-order chi connectivity index (χ1) is 8.31. The number of esters is 1. The molecule has 0 aliphatic heterocycles. The highest BCUT2D eigenvalue weighted by molar-refractivity contribution is 9.10. The Kier molecular flexibility index (Phi) is 5.16. The molecule has 0 atom stereocenters. The Morgan fingerprint density at radius 2 is 2.06 bits per heavy atom. The van der Waals surface area contributed by atoms with Crippen LogP contribution in [0.5, 0.6) is 5.75 Å². The van der Waals surface area contributed by atoms with Crippen molar-refractivity contribution in [2.75, 3.05) is 6.61 Å². The smallest absolute Gasteiger partial charge is 0.344 e. The molecule has 0 heterocycles. The van der Waals surface area contributed by atoms with Crippen LogP contribution in [0.25, 0.3) is 0 Å². The van der Waals surface area contributed by atoms with Gasteiger partial charge in [0.25, 0.3) is 0 Å². The zero-order valence-electron chi connectivity index (χ0n) is 10.8. The van der Waals surface area contributed by atoms with Gasteiger partial charge in [-0.25, -0.2) is 4.79 Å². The second-order valence-electron chi connectivity index (χ2n) is 4.83. The molecule has 1 aromatic carbocycles. The number of hydrogen-bond acceptors (Lipinski definition) is 4. The Hall–Kier alpha value is -1.07. The van der Waals surface area contributed by atoms with Crippen LogP contribution in [-0.4, -0.2) is 18.2 Å². The maximum atomic E-state index is 11.5. The van der Waals surface area contributed by atoms with Gasteiger partial charge in [-0.3, -0.25) is 0 Å². The zero-order valence-corrected chi connectivity index (χ0v) is 12.4. The Bertz CT molecular complexity index is 427. The molecule has 0 aromatic heterocycles. The van der Waals surface area contributed by atoms with Crippen molar-refractivity contribution in [3.05, 3.63) is 28.2 Å². The summed E-state index contributed by atoms with van der Waals surface area (Å²) < 4.78 is 11.5. The van der Waals surface area contributed by atoms with Gasteiger partial charge in [0.15, 0.2) is 6.61 Å². The minimum absolute atomic E-state index is 0.119. The molecule has 5 heteroatoms. The molecule has 4 nitrogen and oxygen atoms in total. The summed E-state index contributed by atoms with van der Waals surface area (Å²) in [6.07, 6.45) is 0. The fourth-order valence-electron chi connectivity index (χ4n) is 1.36. The van der Waals surface area contributed by atoms with Crippen molar-refractivity contribution >= 4 is 21.9 Å². The van der Waals surface area contributed by atoms with Gasteiger partial charge in [-0.15, -0.1) is 0 Å². The molecule has 1 rings (SSSR count). The molecule has 0 saturated carbocycles. The van der Waals surface area contributed by atoms with E-state index < -0.39 is 11.6 Å². The molecule has 0 radical (unpaired) electrons. The van der Waals surface area contributed by atoms with E-state index in [9.17, 15) is 4.79 Å². The van der Waals surface area contributed by atoms with E-state index in [1.807, 2.05) is 32.9 Å². The molecule has 2 N–H and O–H groups in total. The summed E-state index contributed by atoms with van der Waals surface area (Å²) in [5.41, 5.74) is 5.95. The standard InChI is InChI=1S/C13H18BrNO3/c1-13(2,3)18-12(16)8-17-11-5-4-10(14)6-9(11)7-15/h4-6H,7-8,15H2,1-3H3. The summed E-state index contributed by atoms with van der Waals surface area (Å²) in [5.74, 6) is 0.208. The molecule has 0 aliphatic rings. The first-order valence-electron chi connectivity index (χ1n) is 5.65. The maximum absolute atomic E-state index is 11.5. The normalized spacial score (nSPS) is 11.2. The molecule has 0 saturated heterocycles. The van der Waals surface area contributed by atoms with Crippen molar-refractivity contribution in [1.82, 2.24) is 0 Å². The Labute approximate surface area is 116 Å². The average Bonchev–Trinajstić information content (AvgIpc) is 2.24. The molecule has 0 amide bonds. The lowest BCUT2D eigenvalue weighted by Gasteiger charge is -2.19. The first kappa shape index (κ1) is 15.0. The van der Waals surface area contributed by atoms with Gasteiger partial charge >= 0.3 is 5.97 Å². The molecular formula is C13H18BrNO3. The van der Waals surface area contributed by atoms with Crippen LogP contribution in [0.15, 0.2) is 22.7 Å². The van der Waals surface area contributed by atoms with Crippen LogP contribution < -0.4 is 10.5 Å². The largest absolute Gasteiger partial charge is 0.482 e. The second-order valence-corrected chi connectivity index (χ2v) is 5.75. The fourth-order valence-corrected chi connectivity index (χ4v) is 1.76. The monoisotopic (exact) mass is 315 g/mol. The van der Waals surface area contributed by atoms with Gasteiger partial charge in [0.1, 0.15) is 11.4 Å². The number of rotatable bonds is 4. The third-order valence-corrected chi connectivity index (χ3v) is 2.50. The molecule has 100 valence electrons. The van der Waals surface area contributed by atoms with Crippen molar-refractivity contribution in [1.29, 1.82) is 0 Å². The van der Waals surface area contributed by atoms with Gasteiger partial charge < -0.3 is 15.2 Å². The lowest BCUT2D eigenvalue weighted by atomic mass is 10.2. The van der Waals surface area contributed by atoms with Gasteiger partial charge in [0.2, 0.25) is 0 Å². The Balaban J connectivity index is 2.61. The molecule has 0 spiro atoms. The van der Waals surface area contributed by atoms with Crippen LogP contribution in [0.4, 0.5) is 0 Å². The number of benzene rings is 1. The molecular weight excluding hydrogens is 298 g/mol. The van der Waals surface area contributed by atoms with Crippen LogP contribution in [0.3, 0.4) is 0 Å². The minimum Gasteiger partial charge on any atom is -0.482 e. The fraction of sp³-hybridized carbons (Fsp3) is 0.462. The van der Waals surface area contributed by atoms with Gasteiger partial charge in [-0.1, -0.05) is 15.9 Å². The van der Waals surface area contributed by atoms with E-state index in [0.29, 0.717) is 12.3 Å². The number of carbonyl (C=O) groups excluding carboxylic acids is 1. The second kappa shape index (κ2) is 6.20. The summed E-state index contributed by atoms with van der Waals surface area (Å²) in [7, 11) is 0. The van der Waals surface area contributed by atoms with Crippen LogP contribution >= 0.6 is 15.9 Å². The van der Waals surface area contributed by atoms with E-state index in [1.54, 1.807) is 6.07 Å². The molecule has 0 fully saturated rings. The summed E-state index contributed by atoms with van der Waals surface area (Å²) >= 11 is 3.35. The van der Waals surface area contributed by atoms with Gasteiger partial charge in [-0.2, -0.15) is 0 Å². The Morgan fingerprint density at radius 1 is 1.39 bits per heavy atom. The van der Waals surface area contributed by atoms with Crippen molar-refractivity contribution in [2.45, 2.75) is 32.9 Å². The van der Waals surface area contributed by atoms with Crippen LogP contribution in [0, 0.1) is 0 Å². The van der Waals surface area contributed by atoms with E-state index >= 15 is 0 Å². The van der Waals surface area contributed by atoms with Crippen molar-refractivity contribution < 1.29 is 14.3 Å². The molecule has 0 unspecified atom stereocenters. The van der Waals surface area contributed by atoms with E-state index in [-0.39, 0.29) is 6.61 Å². The predicted molar refractivity (Wildman–Crippen MR) is 73.4 cm³/mol. The van der Waals surface area contributed by atoms with E-state index in [4.69, 9.17) is 15.2 Å². The summed E-state index contributed by atoms with van der Waals surface area (Å²) in [5, 5.41) is 0. The SMILES string of the molecule is CC(C)(C)OC(=O)COc1ccc(Br)cc1CN. The highest BCUT2D eigenvalue weighted by atomic mass is 79.9. The number of ether oxygens (including phenoxy) is 2.